The Morgan fingerprint density at radius 1 is 1.90 bits per heavy atom. The van der Waals surface area contributed by atoms with Crippen molar-refractivity contribution >= 4 is 33.2 Å². The van der Waals surface area contributed by atoms with Crippen molar-refractivity contribution in [3.8, 4) is 0 Å². The molecule has 1 heterocycles. The van der Waals surface area contributed by atoms with E-state index in [9.17, 15) is 4.79 Å². The van der Waals surface area contributed by atoms with Gasteiger partial charge in [-0.1, -0.05) is 0 Å². The molecule has 0 amide bonds. The summed E-state index contributed by atoms with van der Waals surface area (Å²) < 4.78 is 4.86. The Morgan fingerprint density at radius 2 is 2.60 bits per heavy atom. The highest BCUT2D eigenvalue weighted by Gasteiger charge is 2.04. The topological polar surface area (TPSA) is 30.0 Å². The highest BCUT2D eigenvalue weighted by atomic mass is 79.9. The van der Waals surface area contributed by atoms with Crippen molar-refractivity contribution in [2.24, 2.45) is 0 Å². The Bertz CT molecular complexity index is 246. The second kappa shape index (κ2) is 3.25. The van der Waals surface area contributed by atoms with Gasteiger partial charge in [0.25, 0.3) is 0 Å². The highest BCUT2D eigenvalue weighted by molar-refractivity contribution is 9.10. The molecule has 0 saturated carbocycles. The molecule has 0 aromatic carbocycles. The molecule has 1 aromatic rings. The molecule has 0 N–H and O–H groups in total. The maximum Gasteiger partial charge on any atom is 0.135 e. The molecule has 10 heavy (non-hydrogen) atoms. The number of nitrogens with zero attached hydrogens (tertiary/aromatic N) is 1. The van der Waals surface area contributed by atoms with Gasteiger partial charge in [0.2, 0.25) is 0 Å². The van der Waals surface area contributed by atoms with Gasteiger partial charge in [-0.15, -0.1) is 0 Å². The number of halogens is 1. The van der Waals surface area contributed by atoms with Gasteiger partial charge in [-0.2, -0.15) is 4.37 Å². The van der Waals surface area contributed by atoms with E-state index >= 15 is 0 Å². The van der Waals surface area contributed by atoms with Gasteiger partial charge in [0.15, 0.2) is 0 Å². The second-order valence-electron chi connectivity index (χ2n) is 1.98. The quantitative estimate of drug-likeness (QED) is 0.763. The van der Waals surface area contributed by atoms with E-state index in [4.69, 9.17) is 0 Å². The maximum atomic E-state index is 10.6. The maximum absolute atomic E-state index is 10.6. The summed E-state index contributed by atoms with van der Waals surface area (Å²) in [6, 6.07) is 0. The summed E-state index contributed by atoms with van der Waals surface area (Å²) in [5.41, 5.74) is 0. The molecule has 0 aliphatic carbocycles. The van der Waals surface area contributed by atoms with Crippen LogP contribution in [0.1, 0.15) is 11.8 Å². The SMILES string of the molecule is CC(=O)Cc1sncc1Br. The molecule has 0 radical (unpaired) electrons. The molecule has 2 nitrogen and oxygen atoms in total. The van der Waals surface area contributed by atoms with Crippen LogP contribution in [0.4, 0.5) is 0 Å². The Labute approximate surface area is 71.6 Å². The van der Waals surface area contributed by atoms with Crippen molar-refractivity contribution in [3.63, 3.8) is 0 Å². The molecule has 0 aliphatic heterocycles. The Kier molecular flexibility index (Phi) is 2.56. The van der Waals surface area contributed by atoms with E-state index in [0.717, 1.165) is 9.35 Å². The molecule has 4 heteroatoms. The Balaban J connectivity index is 2.74. The molecule has 0 spiro atoms. The number of rotatable bonds is 2. The fourth-order valence-corrected chi connectivity index (χ4v) is 1.88. The largest absolute Gasteiger partial charge is 0.300 e. The molecule has 0 fully saturated rings. The summed E-state index contributed by atoms with van der Waals surface area (Å²) in [7, 11) is 0. The number of aromatic nitrogens is 1. The Morgan fingerprint density at radius 3 is 3.00 bits per heavy atom. The molecular formula is C6H6BrNOS. The standard InChI is InChI=1S/C6H6BrNOS/c1-4(9)2-6-5(7)3-8-10-6/h3H,2H2,1H3. The monoisotopic (exact) mass is 219 g/mol. The molecular weight excluding hydrogens is 214 g/mol. The minimum atomic E-state index is 0.171. The van der Waals surface area contributed by atoms with Crippen LogP contribution in [0.5, 0.6) is 0 Å². The normalized spacial score (nSPS) is 9.80. The fourth-order valence-electron chi connectivity index (χ4n) is 0.595. The summed E-state index contributed by atoms with van der Waals surface area (Å²) >= 11 is 4.65. The van der Waals surface area contributed by atoms with Crippen LogP contribution in [0.3, 0.4) is 0 Å². The van der Waals surface area contributed by atoms with Crippen molar-refractivity contribution < 1.29 is 4.79 Å². The van der Waals surface area contributed by atoms with Gasteiger partial charge in [0.1, 0.15) is 5.78 Å². The lowest BCUT2D eigenvalue weighted by Crippen LogP contribution is -1.93. The molecule has 0 saturated heterocycles. The number of carbonyl (C=O) groups excluding carboxylic acids is 1. The predicted octanol–water partition coefficient (Wildman–Crippen LogP) is 2.04. The van der Waals surface area contributed by atoms with Crippen LogP contribution in [0, 0.1) is 0 Å². The zero-order chi connectivity index (χ0) is 7.56. The predicted molar refractivity (Wildman–Crippen MR) is 44.2 cm³/mol. The minimum absolute atomic E-state index is 0.171. The summed E-state index contributed by atoms with van der Waals surface area (Å²) in [6.07, 6.45) is 2.20. The molecule has 0 bridgehead atoms. The second-order valence-corrected chi connectivity index (χ2v) is 3.72. The van der Waals surface area contributed by atoms with Crippen LogP contribution in [0.25, 0.3) is 0 Å². The van der Waals surface area contributed by atoms with Gasteiger partial charge in [-0.05, 0) is 34.4 Å². The fraction of sp³-hybridized carbons (Fsp3) is 0.333. The number of hydrogen-bond donors (Lipinski definition) is 0. The smallest absolute Gasteiger partial charge is 0.135 e. The first-order valence-electron chi connectivity index (χ1n) is 2.78. The number of carbonyl (C=O) groups is 1. The van der Waals surface area contributed by atoms with Crippen LogP contribution in [-0.2, 0) is 11.2 Å². The average molecular weight is 220 g/mol. The molecule has 54 valence electrons. The van der Waals surface area contributed by atoms with Crippen LogP contribution >= 0.6 is 27.5 Å². The lowest BCUT2D eigenvalue weighted by Gasteiger charge is -1.89. The molecule has 0 aliphatic rings. The van der Waals surface area contributed by atoms with E-state index in [2.05, 4.69) is 20.3 Å². The van der Waals surface area contributed by atoms with Gasteiger partial charge in [0, 0.05) is 11.3 Å². The number of ketones is 1. The van der Waals surface area contributed by atoms with Gasteiger partial charge in [-0.25, -0.2) is 0 Å². The minimum Gasteiger partial charge on any atom is -0.300 e. The van der Waals surface area contributed by atoms with Crippen molar-refractivity contribution in [1.82, 2.24) is 4.37 Å². The van der Waals surface area contributed by atoms with Gasteiger partial charge in [0.05, 0.1) is 10.7 Å². The third-order valence-corrected chi connectivity index (χ3v) is 2.75. The van der Waals surface area contributed by atoms with Crippen molar-refractivity contribution in [3.05, 3.63) is 15.5 Å². The zero-order valence-corrected chi connectivity index (χ0v) is 7.83. The van der Waals surface area contributed by atoms with Crippen LogP contribution in [-0.4, -0.2) is 10.2 Å². The molecule has 1 rings (SSSR count). The van der Waals surface area contributed by atoms with E-state index in [1.165, 1.54) is 11.5 Å². The van der Waals surface area contributed by atoms with Gasteiger partial charge < -0.3 is 0 Å². The first-order valence-corrected chi connectivity index (χ1v) is 4.35. The van der Waals surface area contributed by atoms with E-state index in [0.29, 0.717) is 6.42 Å². The third-order valence-electron chi connectivity index (χ3n) is 1.00. The summed E-state index contributed by atoms with van der Waals surface area (Å²) in [5.74, 6) is 0.171. The van der Waals surface area contributed by atoms with Crippen molar-refractivity contribution in [2.75, 3.05) is 0 Å². The first-order chi connectivity index (χ1) is 4.70. The van der Waals surface area contributed by atoms with Crippen molar-refractivity contribution in [2.45, 2.75) is 13.3 Å². The summed E-state index contributed by atoms with van der Waals surface area (Å²) in [6.45, 7) is 1.58. The Hall–Kier alpha value is -0.220. The lowest BCUT2D eigenvalue weighted by atomic mass is 10.3. The molecule has 0 atom stereocenters. The number of Topliss-reactive ketones (excluding diaryl/α,β-unsaturated/α-hetero) is 1. The molecule has 1 aromatic heterocycles. The van der Waals surface area contributed by atoms with Gasteiger partial charge >= 0.3 is 0 Å². The van der Waals surface area contributed by atoms with Crippen molar-refractivity contribution in [1.29, 1.82) is 0 Å². The van der Waals surface area contributed by atoms with E-state index < -0.39 is 0 Å². The number of hydrogen-bond acceptors (Lipinski definition) is 3. The first kappa shape index (κ1) is 7.88. The van der Waals surface area contributed by atoms with E-state index in [1.807, 2.05) is 0 Å². The van der Waals surface area contributed by atoms with Crippen LogP contribution < -0.4 is 0 Å². The van der Waals surface area contributed by atoms with E-state index in [1.54, 1.807) is 13.1 Å². The van der Waals surface area contributed by atoms with Crippen LogP contribution in [0.15, 0.2) is 10.7 Å². The summed E-state index contributed by atoms with van der Waals surface area (Å²) in [5, 5.41) is 0. The van der Waals surface area contributed by atoms with Crippen LogP contribution in [0.2, 0.25) is 0 Å². The average Bonchev–Trinajstić information content (AvgIpc) is 2.15. The lowest BCUT2D eigenvalue weighted by molar-refractivity contribution is -0.116. The van der Waals surface area contributed by atoms with Gasteiger partial charge in [-0.3, -0.25) is 4.79 Å². The highest BCUT2D eigenvalue weighted by Crippen LogP contribution is 2.20. The third kappa shape index (κ3) is 1.88. The zero-order valence-electron chi connectivity index (χ0n) is 5.43. The summed E-state index contributed by atoms with van der Waals surface area (Å²) in [4.78, 5) is 11.6. The van der Waals surface area contributed by atoms with E-state index in [-0.39, 0.29) is 5.78 Å². The molecule has 0 unspecified atom stereocenters.